The van der Waals surface area contributed by atoms with Crippen LogP contribution in [-0.2, 0) is 11.2 Å². The molecule has 1 radical (unpaired) electrons. The Morgan fingerprint density at radius 3 is 2.48 bits per heavy atom. The fraction of sp³-hybridized carbons (Fsp3) is 0.611. The maximum atomic E-state index is 10.6. The number of carbonyl (C=O) groups is 1. The van der Waals surface area contributed by atoms with Gasteiger partial charge < -0.3 is 19.7 Å². The standard InChI is InChI=1S/C18H28BCl2N2O2/c1-4-16(22-19-13-24)11-15-12-17(23(9-7-20)10-8-21)5-6-18(15)25-14(2)3/h5-6,12-14,16,22H,4,7-11H2,1-3H3/t16-/m1/s1. The van der Waals surface area contributed by atoms with Crippen LogP contribution in [0.5, 0.6) is 5.75 Å². The molecule has 0 unspecified atom stereocenters. The Bertz CT molecular complexity index is 512. The first-order valence-corrected chi connectivity index (χ1v) is 9.82. The summed E-state index contributed by atoms with van der Waals surface area (Å²) in [5.74, 6) is 1.97. The number of anilines is 1. The zero-order chi connectivity index (χ0) is 18.7. The summed E-state index contributed by atoms with van der Waals surface area (Å²) in [4.78, 5) is 12.8. The molecule has 1 aromatic carbocycles. The lowest BCUT2D eigenvalue weighted by atomic mass is 9.92. The summed E-state index contributed by atoms with van der Waals surface area (Å²) >= 11 is 11.9. The molecule has 0 aliphatic rings. The SMILES string of the molecule is CC[C@H](Cc1cc(N(CCCl)CCCl)ccc1OC(C)C)N[B]C=O. The minimum Gasteiger partial charge on any atom is -0.491 e. The lowest BCUT2D eigenvalue weighted by Gasteiger charge is -2.26. The van der Waals surface area contributed by atoms with Gasteiger partial charge in [-0.1, -0.05) is 6.92 Å². The fourth-order valence-corrected chi connectivity index (χ4v) is 3.04. The predicted octanol–water partition coefficient (Wildman–Crippen LogP) is 3.48. The van der Waals surface area contributed by atoms with Gasteiger partial charge in [-0.3, -0.25) is 0 Å². The maximum absolute atomic E-state index is 10.6. The van der Waals surface area contributed by atoms with Crippen LogP contribution in [0.4, 0.5) is 5.69 Å². The molecular formula is C18H28BCl2N2O2. The second-order valence-electron chi connectivity index (χ2n) is 6.10. The third-order valence-electron chi connectivity index (χ3n) is 3.84. The Labute approximate surface area is 162 Å². The van der Waals surface area contributed by atoms with Gasteiger partial charge in [0.25, 0.3) is 7.41 Å². The predicted molar refractivity (Wildman–Crippen MR) is 109 cm³/mol. The Balaban J connectivity index is 3.09. The molecule has 0 saturated carbocycles. The van der Waals surface area contributed by atoms with Crippen molar-refractivity contribution in [1.29, 1.82) is 0 Å². The van der Waals surface area contributed by atoms with E-state index in [-0.39, 0.29) is 12.1 Å². The first-order chi connectivity index (χ1) is 12.0. The number of hydrogen-bond donors (Lipinski definition) is 1. The van der Waals surface area contributed by atoms with Crippen molar-refractivity contribution in [3.63, 3.8) is 0 Å². The van der Waals surface area contributed by atoms with E-state index < -0.39 is 0 Å². The second-order valence-corrected chi connectivity index (χ2v) is 6.86. The summed E-state index contributed by atoms with van der Waals surface area (Å²) in [6, 6.07) is 6.37. The van der Waals surface area contributed by atoms with Crippen molar-refractivity contribution >= 4 is 42.5 Å². The molecule has 7 heteroatoms. The van der Waals surface area contributed by atoms with E-state index >= 15 is 0 Å². The number of benzene rings is 1. The van der Waals surface area contributed by atoms with Crippen LogP contribution < -0.4 is 14.9 Å². The van der Waals surface area contributed by atoms with Gasteiger partial charge in [0.05, 0.1) is 12.3 Å². The van der Waals surface area contributed by atoms with E-state index in [4.69, 9.17) is 27.9 Å². The van der Waals surface area contributed by atoms with Crippen molar-refractivity contribution in [2.45, 2.75) is 45.8 Å². The van der Waals surface area contributed by atoms with Crippen molar-refractivity contribution in [1.82, 2.24) is 5.23 Å². The second kappa shape index (κ2) is 12.4. The van der Waals surface area contributed by atoms with Gasteiger partial charge in [-0.05, 0) is 50.5 Å². The van der Waals surface area contributed by atoms with Gasteiger partial charge in [0.15, 0.2) is 0 Å². The fourth-order valence-electron chi connectivity index (χ4n) is 2.63. The summed E-state index contributed by atoms with van der Waals surface area (Å²) in [6.45, 7) is 7.61. The van der Waals surface area contributed by atoms with Crippen molar-refractivity contribution in [3.05, 3.63) is 23.8 Å². The van der Waals surface area contributed by atoms with Crippen LogP contribution in [0.1, 0.15) is 32.8 Å². The summed E-state index contributed by atoms with van der Waals surface area (Å²) in [6.07, 6.45) is 2.54. The van der Waals surface area contributed by atoms with Gasteiger partial charge in [0.1, 0.15) is 5.75 Å². The van der Waals surface area contributed by atoms with Crippen molar-refractivity contribution in [2.75, 3.05) is 29.7 Å². The molecule has 0 saturated heterocycles. The van der Waals surface area contributed by atoms with Crippen LogP contribution in [0.15, 0.2) is 18.2 Å². The van der Waals surface area contributed by atoms with Crippen molar-refractivity contribution < 1.29 is 9.53 Å². The van der Waals surface area contributed by atoms with E-state index in [1.807, 2.05) is 26.0 Å². The largest absolute Gasteiger partial charge is 0.491 e. The lowest BCUT2D eigenvalue weighted by molar-refractivity contribution is 0.239. The molecule has 0 heterocycles. The van der Waals surface area contributed by atoms with Gasteiger partial charge in [0, 0.05) is 36.6 Å². The topological polar surface area (TPSA) is 41.6 Å². The number of alkyl halides is 2. The first kappa shape index (κ1) is 22.1. The highest BCUT2D eigenvalue weighted by molar-refractivity contribution is 6.64. The van der Waals surface area contributed by atoms with Crippen LogP contribution in [-0.4, -0.2) is 50.6 Å². The number of nitrogens with zero attached hydrogens (tertiary/aromatic N) is 1. The normalized spacial score (nSPS) is 12.1. The van der Waals surface area contributed by atoms with Gasteiger partial charge in [-0.2, -0.15) is 0 Å². The van der Waals surface area contributed by atoms with Gasteiger partial charge in [-0.25, -0.2) is 0 Å². The zero-order valence-corrected chi connectivity index (χ0v) is 16.8. The summed E-state index contributed by atoms with van der Waals surface area (Å²) < 4.78 is 5.97. The minimum absolute atomic E-state index is 0.0981. The summed E-state index contributed by atoms with van der Waals surface area (Å²) in [5.41, 5.74) is 2.20. The zero-order valence-electron chi connectivity index (χ0n) is 15.3. The molecule has 0 spiro atoms. The van der Waals surface area contributed by atoms with Gasteiger partial charge in [-0.15, -0.1) is 23.2 Å². The van der Waals surface area contributed by atoms with E-state index in [9.17, 15) is 4.79 Å². The maximum Gasteiger partial charge on any atom is 0.290 e. The summed E-state index contributed by atoms with van der Waals surface area (Å²) in [7, 11) is 1.45. The molecule has 0 aliphatic carbocycles. The number of halogens is 2. The number of hydrogen-bond acceptors (Lipinski definition) is 4. The third-order valence-corrected chi connectivity index (χ3v) is 4.18. The molecular weight excluding hydrogens is 358 g/mol. The van der Waals surface area contributed by atoms with Crippen LogP contribution in [0.3, 0.4) is 0 Å². The average Bonchev–Trinajstić information content (AvgIpc) is 2.59. The smallest absolute Gasteiger partial charge is 0.290 e. The number of rotatable bonds is 13. The number of carbonyl (C=O) groups excluding carboxylic acids is 1. The van der Waals surface area contributed by atoms with Gasteiger partial charge >= 0.3 is 0 Å². The Morgan fingerprint density at radius 2 is 1.96 bits per heavy atom. The molecule has 1 rings (SSSR count). The molecule has 4 nitrogen and oxygen atoms in total. The molecule has 25 heavy (non-hydrogen) atoms. The monoisotopic (exact) mass is 385 g/mol. The van der Waals surface area contributed by atoms with Crippen LogP contribution in [0.2, 0.25) is 0 Å². The van der Waals surface area contributed by atoms with E-state index in [2.05, 4.69) is 23.1 Å². The Hall–Kier alpha value is -0.905. The minimum atomic E-state index is 0.0981. The molecule has 0 fully saturated rings. The van der Waals surface area contributed by atoms with E-state index in [0.29, 0.717) is 11.8 Å². The van der Waals surface area contributed by atoms with Crippen LogP contribution in [0.25, 0.3) is 0 Å². The molecule has 1 atom stereocenters. The van der Waals surface area contributed by atoms with E-state index in [1.165, 1.54) is 7.41 Å². The van der Waals surface area contributed by atoms with Crippen LogP contribution >= 0.6 is 23.2 Å². The highest BCUT2D eigenvalue weighted by Crippen LogP contribution is 2.28. The molecule has 1 N–H and O–H groups in total. The quantitative estimate of drug-likeness (QED) is 0.320. The molecule has 139 valence electrons. The van der Waals surface area contributed by atoms with E-state index in [0.717, 1.165) is 49.1 Å². The van der Waals surface area contributed by atoms with Crippen molar-refractivity contribution in [2.24, 2.45) is 0 Å². The number of ether oxygens (including phenoxy) is 1. The van der Waals surface area contributed by atoms with E-state index in [1.54, 1.807) is 0 Å². The van der Waals surface area contributed by atoms with Gasteiger partial charge in [0.2, 0.25) is 0 Å². The number of nitrogens with one attached hydrogen (secondary N) is 1. The molecule has 1 aromatic rings. The van der Waals surface area contributed by atoms with Crippen LogP contribution in [0, 0.1) is 0 Å². The highest BCUT2D eigenvalue weighted by Gasteiger charge is 2.15. The molecule has 0 bridgehead atoms. The average molecular weight is 386 g/mol. The first-order valence-electron chi connectivity index (χ1n) is 8.75. The lowest BCUT2D eigenvalue weighted by Crippen LogP contribution is -2.34. The molecule has 0 aliphatic heterocycles. The third kappa shape index (κ3) is 7.89. The summed E-state index contributed by atoms with van der Waals surface area (Å²) in [5, 5.41) is 3.14. The Kier molecular flexibility index (Phi) is 11.0. The van der Waals surface area contributed by atoms with Crippen molar-refractivity contribution in [3.8, 4) is 5.75 Å². The molecule has 0 amide bonds. The Morgan fingerprint density at radius 1 is 1.28 bits per heavy atom. The molecule has 0 aromatic heterocycles. The highest BCUT2D eigenvalue weighted by atomic mass is 35.5.